The van der Waals surface area contributed by atoms with Gasteiger partial charge in [0, 0.05) is 30.6 Å². The SMILES string of the molecule is CC1(O)CCC(NC(=O)N(CC23CCC(c4noc(C(C)(F)F)n4)(CC2)CC3)c2cccc(C#N)c2)CC1. The first-order chi connectivity index (χ1) is 17.9. The maximum atomic E-state index is 13.7. The third-order valence-corrected chi connectivity index (χ3v) is 9.09. The Hall–Kier alpha value is -3.06. The largest absolute Gasteiger partial charge is 0.390 e. The van der Waals surface area contributed by atoms with Crippen LogP contribution in [0.3, 0.4) is 0 Å². The quantitative estimate of drug-likeness (QED) is 0.509. The van der Waals surface area contributed by atoms with Gasteiger partial charge in [-0.1, -0.05) is 11.2 Å². The number of hydrogen-bond acceptors (Lipinski definition) is 6. The Morgan fingerprint density at radius 1 is 1.21 bits per heavy atom. The van der Waals surface area contributed by atoms with Gasteiger partial charge in [-0.3, -0.25) is 4.90 Å². The number of halogens is 2. The highest BCUT2D eigenvalue weighted by atomic mass is 19.3. The molecule has 204 valence electrons. The van der Waals surface area contributed by atoms with Gasteiger partial charge in [-0.25, -0.2) is 4.79 Å². The summed E-state index contributed by atoms with van der Waals surface area (Å²) in [7, 11) is 0. The second-order valence-electron chi connectivity index (χ2n) is 12.1. The summed E-state index contributed by atoms with van der Waals surface area (Å²) in [6.45, 7) is 3.09. The molecule has 2 amide bonds. The van der Waals surface area contributed by atoms with Gasteiger partial charge >= 0.3 is 12.0 Å². The number of urea groups is 1. The number of carbonyl (C=O) groups excluding carboxylic acids is 1. The molecule has 8 nitrogen and oxygen atoms in total. The minimum Gasteiger partial charge on any atom is -0.390 e. The fourth-order valence-electron chi connectivity index (χ4n) is 6.45. The van der Waals surface area contributed by atoms with Crippen LogP contribution in [0.2, 0.25) is 0 Å². The monoisotopic (exact) mass is 527 g/mol. The molecule has 4 aliphatic carbocycles. The molecule has 6 rings (SSSR count). The summed E-state index contributed by atoms with van der Waals surface area (Å²) in [4.78, 5) is 19.5. The van der Waals surface area contributed by atoms with Crippen molar-refractivity contribution in [3.8, 4) is 6.07 Å². The van der Waals surface area contributed by atoms with Crippen LogP contribution in [-0.4, -0.2) is 39.5 Å². The number of carbonyl (C=O) groups is 1. The molecule has 0 atom stereocenters. The van der Waals surface area contributed by atoms with Crippen molar-refractivity contribution in [2.75, 3.05) is 11.4 Å². The zero-order valence-electron chi connectivity index (χ0n) is 22.0. The number of anilines is 1. The van der Waals surface area contributed by atoms with E-state index in [1.807, 2.05) is 13.0 Å². The smallest absolute Gasteiger partial charge is 0.322 e. The number of aliphatic hydroxyl groups is 1. The van der Waals surface area contributed by atoms with Crippen molar-refractivity contribution in [3.05, 3.63) is 41.5 Å². The predicted octanol–water partition coefficient (Wildman–Crippen LogP) is 5.55. The van der Waals surface area contributed by atoms with Crippen LogP contribution in [0.25, 0.3) is 0 Å². The first-order valence-electron chi connectivity index (χ1n) is 13.5. The van der Waals surface area contributed by atoms with E-state index in [-0.39, 0.29) is 22.9 Å². The molecule has 0 saturated heterocycles. The summed E-state index contributed by atoms with van der Waals surface area (Å²) in [5.41, 5.74) is -0.0297. The third-order valence-electron chi connectivity index (χ3n) is 9.09. The molecule has 4 saturated carbocycles. The molecular weight excluding hydrogens is 492 g/mol. The Labute approximate surface area is 221 Å². The number of fused-ring (bicyclic) bond motifs is 3. The number of nitriles is 1. The van der Waals surface area contributed by atoms with Crippen molar-refractivity contribution in [3.63, 3.8) is 0 Å². The van der Waals surface area contributed by atoms with E-state index in [2.05, 4.69) is 21.5 Å². The highest BCUT2D eigenvalue weighted by molar-refractivity contribution is 5.92. The maximum Gasteiger partial charge on any atom is 0.322 e. The lowest BCUT2D eigenvalue weighted by molar-refractivity contribution is -0.0158. The molecule has 0 spiro atoms. The topological polar surface area (TPSA) is 115 Å². The van der Waals surface area contributed by atoms with Crippen LogP contribution in [0.4, 0.5) is 19.3 Å². The standard InChI is InChI=1S/C28H35F2N5O3/c1-25(37)8-6-20(7-9-25)32-24(36)35(21-5-3-4-19(16-21)17-31)18-27-10-13-28(14-11-27,15-12-27)22-33-23(38-34-22)26(2,29)30/h3-5,16,20,37H,6-15,18H2,1-2H3,(H,32,36). The average Bonchev–Trinajstić information content (AvgIpc) is 3.42. The van der Waals surface area contributed by atoms with Crippen LogP contribution in [0.1, 0.15) is 95.3 Å². The summed E-state index contributed by atoms with van der Waals surface area (Å²) in [5.74, 6) is -3.45. The molecule has 2 N–H and O–H groups in total. The number of alkyl halides is 2. The van der Waals surface area contributed by atoms with Crippen LogP contribution in [0.5, 0.6) is 0 Å². The fourth-order valence-corrected chi connectivity index (χ4v) is 6.45. The second-order valence-corrected chi connectivity index (χ2v) is 12.1. The third kappa shape index (κ3) is 5.26. The number of hydrogen-bond donors (Lipinski definition) is 2. The first-order valence-corrected chi connectivity index (χ1v) is 13.5. The number of benzene rings is 1. The molecule has 0 radical (unpaired) electrons. The van der Waals surface area contributed by atoms with Gasteiger partial charge < -0.3 is 14.9 Å². The molecule has 4 aliphatic rings. The molecule has 0 unspecified atom stereocenters. The average molecular weight is 528 g/mol. The number of nitrogens with zero attached hydrogens (tertiary/aromatic N) is 4. The van der Waals surface area contributed by atoms with Gasteiger partial charge in [0.05, 0.1) is 17.2 Å². The minimum absolute atomic E-state index is 0.0173. The van der Waals surface area contributed by atoms with E-state index in [0.29, 0.717) is 49.3 Å². The van der Waals surface area contributed by atoms with Crippen molar-refractivity contribution in [1.82, 2.24) is 15.5 Å². The number of aromatic nitrogens is 2. The molecule has 1 aromatic heterocycles. The van der Waals surface area contributed by atoms with Gasteiger partial charge in [-0.2, -0.15) is 19.0 Å². The fraction of sp³-hybridized carbons (Fsp3) is 0.643. The second kappa shape index (κ2) is 9.60. The Kier molecular flexibility index (Phi) is 6.70. The van der Waals surface area contributed by atoms with E-state index >= 15 is 0 Å². The summed E-state index contributed by atoms with van der Waals surface area (Å²) < 4.78 is 32.3. The molecule has 0 aliphatic heterocycles. The Balaban J connectivity index is 1.33. The summed E-state index contributed by atoms with van der Waals surface area (Å²) in [6.07, 6.45) is 7.36. The highest BCUT2D eigenvalue weighted by Crippen LogP contribution is 2.57. The zero-order valence-corrected chi connectivity index (χ0v) is 22.0. The number of nitrogens with one attached hydrogen (secondary N) is 1. The normalized spacial score (nSPS) is 31.0. The van der Waals surface area contributed by atoms with Crippen LogP contribution in [0.15, 0.2) is 28.8 Å². The van der Waals surface area contributed by atoms with Gasteiger partial charge in [-0.05, 0) is 94.7 Å². The van der Waals surface area contributed by atoms with Gasteiger partial charge in [0.25, 0.3) is 5.89 Å². The van der Waals surface area contributed by atoms with Crippen LogP contribution in [-0.2, 0) is 11.3 Å². The zero-order chi connectivity index (χ0) is 27.2. The van der Waals surface area contributed by atoms with Gasteiger partial charge in [0.15, 0.2) is 5.82 Å². The van der Waals surface area contributed by atoms with E-state index in [9.17, 15) is 23.9 Å². The van der Waals surface area contributed by atoms with Crippen molar-refractivity contribution < 1.29 is 23.2 Å². The van der Waals surface area contributed by atoms with Crippen LogP contribution >= 0.6 is 0 Å². The molecule has 2 aromatic rings. The van der Waals surface area contributed by atoms with E-state index in [4.69, 9.17) is 4.52 Å². The maximum absolute atomic E-state index is 13.7. The lowest BCUT2D eigenvalue weighted by atomic mass is 9.53. The molecule has 1 heterocycles. The predicted molar refractivity (Wildman–Crippen MR) is 136 cm³/mol. The van der Waals surface area contributed by atoms with Crippen molar-refractivity contribution in [1.29, 1.82) is 5.26 Å². The number of amides is 2. The molecule has 4 fully saturated rings. The lowest BCUT2D eigenvalue weighted by Crippen LogP contribution is -2.54. The van der Waals surface area contributed by atoms with E-state index < -0.39 is 17.4 Å². The van der Waals surface area contributed by atoms with Gasteiger partial charge in [0.2, 0.25) is 0 Å². The summed E-state index contributed by atoms with van der Waals surface area (Å²) >= 11 is 0. The Morgan fingerprint density at radius 3 is 2.45 bits per heavy atom. The molecule has 1 aromatic carbocycles. The van der Waals surface area contributed by atoms with Crippen molar-refractivity contribution in [2.45, 2.75) is 101 Å². The summed E-state index contributed by atoms with van der Waals surface area (Å²) in [6, 6.07) is 9.04. The summed E-state index contributed by atoms with van der Waals surface area (Å²) in [5, 5.41) is 26.9. The molecule has 2 bridgehead atoms. The van der Waals surface area contributed by atoms with Gasteiger partial charge in [0.1, 0.15) is 0 Å². The molecule has 38 heavy (non-hydrogen) atoms. The molecule has 10 heteroatoms. The van der Waals surface area contributed by atoms with Gasteiger partial charge in [-0.15, -0.1) is 0 Å². The van der Waals surface area contributed by atoms with E-state index in [0.717, 1.165) is 45.4 Å². The number of rotatable bonds is 6. The van der Waals surface area contributed by atoms with E-state index in [1.165, 1.54) is 0 Å². The van der Waals surface area contributed by atoms with E-state index in [1.54, 1.807) is 23.1 Å². The van der Waals surface area contributed by atoms with Crippen molar-refractivity contribution >= 4 is 11.7 Å². The first kappa shape index (κ1) is 26.5. The van der Waals surface area contributed by atoms with Crippen LogP contribution < -0.4 is 10.2 Å². The Bertz CT molecular complexity index is 1200. The van der Waals surface area contributed by atoms with Crippen molar-refractivity contribution in [2.24, 2.45) is 5.41 Å². The Morgan fingerprint density at radius 2 is 1.87 bits per heavy atom. The lowest BCUT2D eigenvalue weighted by Gasteiger charge is -2.53. The highest BCUT2D eigenvalue weighted by Gasteiger charge is 2.53. The minimum atomic E-state index is -3.17. The van der Waals surface area contributed by atoms with Crippen LogP contribution in [0, 0.1) is 16.7 Å². The molecular formula is C28H35F2N5O3.